The van der Waals surface area contributed by atoms with Crippen molar-refractivity contribution in [2.45, 2.75) is 31.5 Å². The van der Waals surface area contributed by atoms with Crippen molar-refractivity contribution in [1.29, 1.82) is 0 Å². The molecule has 4 N–H and O–H groups in total. The van der Waals surface area contributed by atoms with E-state index >= 15 is 0 Å². The molecule has 0 fully saturated rings. The fourth-order valence-corrected chi connectivity index (χ4v) is 4.94. The SMILES string of the molecule is CS(=O)(=O)Nc1ccc(CC(=O)NC(Cc2cc(F)cc(F)c2)C(O)CNCc2cccc(I)c2)cc1. The predicted octanol–water partition coefficient (Wildman–Crippen LogP) is 3.36. The third-order valence-corrected chi connectivity index (χ3v) is 6.66. The second-order valence-corrected chi connectivity index (χ2v) is 11.7. The number of sulfonamides is 1. The molecule has 0 aliphatic heterocycles. The summed E-state index contributed by atoms with van der Waals surface area (Å²) in [6.07, 6.45) is -0.0153. The third-order valence-electron chi connectivity index (χ3n) is 5.38. The van der Waals surface area contributed by atoms with Crippen LogP contribution in [0.4, 0.5) is 14.5 Å². The number of aliphatic hydroxyl groups excluding tert-OH is 1. The lowest BCUT2D eigenvalue weighted by atomic mass is 10.00. The molecule has 3 aromatic carbocycles. The summed E-state index contributed by atoms with van der Waals surface area (Å²) >= 11 is 2.21. The summed E-state index contributed by atoms with van der Waals surface area (Å²) in [7, 11) is -3.42. The van der Waals surface area contributed by atoms with Crippen LogP contribution < -0.4 is 15.4 Å². The highest BCUT2D eigenvalue weighted by atomic mass is 127. The number of hydrogen-bond donors (Lipinski definition) is 4. The lowest BCUT2D eigenvalue weighted by Crippen LogP contribution is -2.49. The quantitative estimate of drug-likeness (QED) is 0.227. The Morgan fingerprint density at radius 2 is 1.65 bits per heavy atom. The minimum atomic E-state index is -3.42. The molecule has 7 nitrogen and oxygen atoms in total. The van der Waals surface area contributed by atoms with Crippen molar-refractivity contribution >= 4 is 44.2 Å². The van der Waals surface area contributed by atoms with E-state index in [1.807, 2.05) is 24.3 Å². The van der Waals surface area contributed by atoms with Crippen LogP contribution >= 0.6 is 22.6 Å². The summed E-state index contributed by atoms with van der Waals surface area (Å²) < 4.78 is 53.6. The summed E-state index contributed by atoms with van der Waals surface area (Å²) in [6, 6.07) is 16.5. The first-order chi connectivity index (χ1) is 17.5. The number of anilines is 1. The van der Waals surface area contributed by atoms with Gasteiger partial charge in [-0.25, -0.2) is 17.2 Å². The zero-order valence-electron chi connectivity index (χ0n) is 20.0. The van der Waals surface area contributed by atoms with Gasteiger partial charge in [-0.3, -0.25) is 9.52 Å². The second kappa shape index (κ2) is 13.3. The topological polar surface area (TPSA) is 108 Å². The molecular weight excluding hydrogens is 615 g/mol. The molecule has 0 aromatic heterocycles. The highest BCUT2D eigenvalue weighted by Gasteiger charge is 2.22. The van der Waals surface area contributed by atoms with E-state index in [1.54, 1.807) is 24.3 Å². The first-order valence-electron chi connectivity index (χ1n) is 11.4. The van der Waals surface area contributed by atoms with Gasteiger partial charge in [-0.2, -0.15) is 0 Å². The van der Waals surface area contributed by atoms with Crippen LogP contribution in [0.15, 0.2) is 66.7 Å². The molecule has 0 aliphatic rings. The molecule has 0 saturated heterocycles. The van der Waals surface area contributed by atoms with Crippen molar-refractivity contribution in [3.63, 3.8) is 0 Å². The van der Waals surface area contributed by atoms with E-state index in [0.29, 0.717) is 23.4 Å². The minimum absolute atomic E-state index is 0.0176. The lowest BCUT2D eigenvalue weighted by molar-refractivity contribution is -0.122. The number of hydrogen-bond acceptors (Lipinski definition) is 5. The normalized spacial score (nSPS) is 13.1. The van der Waals surface area contributed by atoms with Gasteiger partial charge in [-0.05, 0) is 82.1 Å². The molecule has 3 rings (SSSR count). The van der Waals surface area contributed by atoms with Crippen molar-refractivity contribution in [1.82, 2.24) is 10.6 Å². The van der Waals surface area contributed by atoms with E-state index in [-0.39, 0.29) is 19.4 Å². The number of halogens is 3. The molecule has 2 atom stereocenters. The number of carbonyl (C=O) groups is 1. The van der Waals surface area contributed by atoms with Crippen LogP contribution in [-0.2, 0) is 34.2 Å². The molecule has 0 bridgehead atoms. The van der Waals surface area contributed by atoms with Gasteiger partial charge in [0.05, 0.1) is 24.8 Å². The average molecular weight is 643 g/mol. The number of amides is 1. The van der Waals surface area contributed by atoms with E-state index < -0.39 is 39.7 Å². The molecule has 0 aliphatic carbocycles. The van der Waals surface area contributed by atoms with Gasteiger partial charge in [0.1, 0.15) is 11.6 Å². The number of aliphatic hydroxyl groups is 1. The molecule has 2 unspecified atom stereocenters. The van der Waals surface area contributed by atoms with Crippen LogP contribution in [0, 0.1) is 15.2 Å². The van der Waals surface area contributed by atoms with Crippen LogP contribution in [0.25, 0.3) is 0 Å². The zero-order valence-corrected chi connectivity index (χ0v) is 23.0. The van der Waals surface area contributed by atoms with Gasteiger partial charge >= 0.3 is 0 Å². The maximum atomic E-state index is 13.7. The largest absolute Gasteiger partial charge is 0.390 e. The molecule has 198 valence electrons. The molecule has 0 saturated carbocycles. The van der Waals surface area contributed by atoms with E-state index in [1.165, 1.54) is 12.1 Å². The van der Waals surface area contributed by atoms with Crippen molar-refractivity contribution < 1.29 is 27.1 Å². The van der Waals surface area contributed by atoms with Crippen molar-refractivity contribution in [2.24, 2.45) is 0 Å². The Bertz CT molecular complexity index is 1300. The molecule has 1 amide bonds. The van der Waals surface area contributed by atoms with Gasteiger partial charge < -0.3 is 15.7 Å². The van der Waals surface area contributed by atoms with Gasteiger partial charge in [0.25, 0.3) is 0 Å². The summed E-state index contributed by atoms with van der Waals surface area (Å²) in [5.41, 5.74) is 2.32. The Balaban J connectivity index is 1.66. The summed E-state index contributed by atoms with van der Waals surface area (Å²) in [5.74, 6) is -1.88. The van der Waals surface area contributed by atoms with Gasteiger partial charge in [0.15, 0.2) is 0 Å². The zero-order chi connectivity index (χ0) is 27.0. The first-order valence-corrected chi connectivity index (χ1v) is 14.4. The Labute approximate surface area is 228 Å². The van der Waals surface area contributed by atoms with Crippen LogP contribution in [0.2, 0.25) is 0 Å². The summed E-state index contributed by atoms with van der Waals surface area (Å²) in [6.45, 7) is 0.636. The van der Waals surface area contributed by atoms with E-state index in [9.17, 15) is 27.1 Å². The smallest absolute Gasteiger partial charge is 0.229 e. The number of nitrogens with one attached hydrogen (secondary N) is 3. The van der Waals surface area contributed by atoms with Crippen LogP contribution in [0.5, 0.6) is 0 Å². The fourth-order valence-electron chi connectivity index (χ4n) is 3.77. The molecule has 0 radical (unpaired) electrons. The Hall–Kier alpha value is -2.61. The molecule has 3 aromatic rings. The van der Waals surface area contributed by atoms with Gasteiger partial charge in [0, 0.05) is 28.4 Å². The number of benzene rings is 3. The van der Waals surface area contributed by atoms with Crippen LogP contribution in [-0.4, -0.2) is 44.4 Å². The standard InChI is InChI=1S/C26H28F2IN3O4S/c1-37(35,36)32-23-7-5-17(6-8-23)13-26(34)31-24(12-19-9-20(27)14-21(28)10-19)25(33)16-30-15-18-3-2-4-22(29)11-18/h2-11,14,24-25,30,32-33H,12-13,15-16H2,1H3,(H,31,34). The Morgan fingerprint density at radius 1 is 0.973 bits per heavy atom. The fraction of sp³-hybridized carbons (Fsp3) is 0.269. The highest BCUT2D eigenvalue weighted by molar-refractivity contribution is 14.1. The highest BCUT2D eigenvalue weighted by Crippen LogP contribution is 2.14. The lowest BCUT2D eigenvalue weighted by Gasteiger charge is -2.25. The predicted molar refractivity (Wildman–Crippen MR) is 147 cm³/mol. The summed E-state index contributed by atoms with van der Waals surface area (Å²) in [5, 5.41) is 16.8. The monoisotopic (exact) mass is 643 g/mol. The van der Waals surface area contributed by atoms with E-state index in [4.69, 9.17) is 0 Å². The molecular formula is C26H28F2IN3O4S. The number of rotatable bonds is 12. The van der Waals surface area contributed by atoms with Crippen LogP contribution in [0.1, 0.15) is 16.7 Å². The second-order valence-electron chi connectivity index (χ2n) is 8.73. The molecule has 0 heterocycles. The number of carbonyl (C=O) groups excluding carboxylic acids is 1. The van der Waals surface area contributed by atoms with Gasteiger partial charge in [0.2, 0.25) is 15.9 Å². The minimum Gasteiger partial charge on any atom is -0.390 e. The van der Waals surface area contributed by atoms with Crippen molar-refractivity contribution in [2.75, 3.05) is 17.5 Å². The van der Waals surface area contributed by atoms with Gasteiger partial charge in [-0.15, -0.1) is 0 Å². The van der Waals surface area contributed by atoms with Crippen molar-refractivity contribution in [3.05, 3.63) is 98.6 Å². The Morgan fingerprint density at radius 3 is 2.27 bits per heavy atom. The van der Waals surface area contributed by atoms with Crippen molar-refractivity contribution in [3.8, 4) is 0 Å². The van der Waals surface area contributed by atoms with Crippen LogP contribution in [0.3, 0.4) is 0 Å². The van der Waals surface area contributed by atoms with E-state index in [0.717, 1.165) is 21.5 Å². The molecule has 0 spiro atoms. The maximum absolute atomic E-state index is 13.7. The first kappa shape index (κ1) is 29.0. The molecule has 37 heavy (non-hydrogen) atoms. The summed E-state index contributed by atoms with van der Waals surface area (Å²) in [4.78, 5) is 12.8. The maximum Gasteiger partial charge on any atom is 0.229 e. The average Bonchev–Trinajstić information content (AvgIpc) is 2.78. The Kier molecular flexibility index (Phi) is 10.4. The van der Waals surface area contributed by atoms with E-state index in [2.05, 4.69) is 37.9 Å². The third kappa shape index (κ3) is 10.3. The molecule has 11 heteroatoms. The van der Waals surface area contributed by atoms with Gasteiger partial charge in [-0.1, -0.05) is 24.3 Å².